The number of rotatable bonds is 3. The third kappa shape index (κ3) is 2.38. The molecule has 1 rings (SSSR count). The minimum atomic E-state index is 0.151. The van der Waals surface area contributed by atoms with Crippen LogP contribution in [0.1, 0.15) is 32.4 Å². The van der Waals surface area contributed by atoms with E-state index in [9.17, 15) is 0 Å². The molecule has 2 nitrogen and oxygen atoms in total. The maximum Gasteiger partial charge on any atom is 0.0281 e. The zero-order chi connectivity index (χ0) is 9.14. The average molecular weight is 166 g/mol. The summed E-state index contributed by atoms with van der Waals surface area (Å²) < 4.78 is 2.20. The molecular weight excluding hydrogens is 148 g/mol. The van der Waals surface area contributed by atoms with Gasteiger partial charge in [-0.25, -0.2) is 0 Å². The van der Waals surface area contributed by atoms with Crippen LogP contribution < -0.4 is 5.73 Å². The Kier molecular flexibility index (Phi) is 2.93. The molecule has 1 heterocycles. The fourth-order valence-corrected chi connectivity index (χ4v) is 1.26. The SMILES string of the molecule is CC(C)Cn1ccc(C(C)N)c1. The van der Waals surface area contributed by atoms with E-state index in [-0.39, 0.29) is 6.04 Å². The molecule has 0 amide bonds. The van der Waals surface area contributed by atoms with Gasteiger partial charge in [0.25, 0.3) is 0 Å². The summed E-state index contributed by atoms with van der Waals surface area (Å²) in [5, 5.41) is 0. The van der Waals surface area contributed by atoms with Crippen molar-refractivity contribution < 1.29 is 0 Å². The molecule has 0 spiro atoms. The molecule has 0 aliphatic rings. The van der Waals surface area contributed by atoms with Crippen molar-refractivity contribution in [3.8, 4) is 0 Å². The van der Waals surface area contributed by atoms with E-state index in [1.807, 2.05) is 6.92 Å². The molecule has 0 bridgehead atoms. The molecule has 0 fully saturated rings. The predicted octanol–water partition coefficient (Wildman–Crippen LogP) is 2.16. The van der Waals surface area contributed by atoms with E-state index < -0.39 is 0 Å². The van der Waals surface area contributed by atoms with Crippen LogP contribution in [0.25, 0.3) is 0 Å². The first-order chi connectivity index (χ1) is 5.59. The van der Waals surface area contributed by atoms with E-state index in [1.54, 1.807) is 0 Å². The lowest BCUT2D eigenvalue weighted by atomic mass is 10.2. The third-order valence-electron chi connectivity index (χ3n) is 1.88. The molecule has 0 radical (unpaired) electrons. The fraction of sp³-hybridized carbons (Fsp3) is 0.600. The standard InChI is InChI=1S/C10H18N2/c1-8(2)6-12-5-4-10(7-12)9(3)11/h4-5,7-9H,6,11H2,1-3H3. The van der Waals surface area contributed by atoms with E-state index in [1.165, 1.54) is 5.56 Å². The highest BCUT2D eigenvalue weighted by Crippen LogP contribution is 2.10. The Morgan fingerprint density at radius 3 is 2.50 bits per heavy atom. The summed E-state index contributed by atoms with van der Waals surface area (Å²) in [5.41, 5.74) is 6.96. The van der Waals surface area contributed by atoms with Gasteiger partial charge in [0.2, 0.25) is 0 Å². The van der Waals surface area contributed by atoms with Gasteiger partial charge < -0.3 is 10.3 Å². The first-order valence-electron chi connectivity index (χ1n) is 4.51. The second-order valence-electron chi connectivity index (χ2n) is 3.82. The highest BCUT2D eigenvalue weighted by molar-refractivity contribution is 5.13. The first kappa shape index (κ1) is 9.33. The molecule has 1 atom stereocenters. The molecule has 2 N–H and O–H groups in total. The van der Waals surface area contributed by atoms with Gasteiger partial charge in [-0.3, -0.25) is 0 Å². The van der Waals surface area contributed by atoms with Gasteiger partial charge in [-0.2, -0.15) is 0 Å². The molecule has 0 aliphatic carbocycles. The van der Waals surface area contributed by atoms with E-state index in [2.05, 4.69) is 36.9 Å². The second kappa shape index (κ2) is 3.76. The van der Waals surface area contributed by atoms with Crippen molar-refractivity contribution in [1.82, 2.24) is 4.57 Å². The lowest BCUT2D eigenvalue weighted by Gasteiger charge is -2.05. The summed E-state index contributed by atoms with van der Waals surface area (Å²) in [6.07, 6.45) is 4.23. The van der Waals surface area contributed by atoms with Crippen LogP contribution >= 0.6 is 0 Å². The van der Waals surface area contributed by atoms with Crippen molar-refractivity contribution in [2.24, 2.45) is 11.7 Å². The first-order valence-corrected chi connectivity index (χ1v) is 4.51. The molecule has 1 aromatic rings. The normalized spacial score (nSPS) is 13.8. The van der Waals surface area contributed by atoms with Crippen LogP contribution in [-0.2, 0) is 6.54 Å². The topological polar surface area (TPSA) is 30.9 Å². The Bertz CT molecular complexity index is 236. The van der Waals surface area contributed by atoms with Crippen molar-refractivity contribution in [1.29, 1.82) is 0 Å². The largest absolute Gasteiger partial charge is 0.354 e. The Labute approximate surface area is 74.4 Å². The highest BCUT2D eigenvalue weighted by atomic mass is 14.9. The molecular formula is C10H18N2. The van der Waals surface area contributed by atoms with Crippen molar-refractivity contribution in [3.05, 3.63) is 24.0 Å². The van der Waals surface area contributed by atoms with Crippen LogP contribution in [0, 0.1) is 5.92 Å². The van der Waals surface area contributed by atoms with Crippen LogP contribution in [0.4, 0.5) is 0 Å². The number of aromatic nitrogens is 1. The molecule has 0 saturated heterocycles. The maximum atomic E-state index is 5.74. The van der Waals surface area contributed by atoms with Crippen LogP contribution in [0.5, 0.6) is 0 Å². The fourth-order valence-electron chi connectivity index (χ4n) is 1.26. The predicted molar refractivity (Wildman–Crippen MR) is 51.9 cm³/mol. The smallest absolute Gasteiger partial charge is 0.0281 e. The van der Waals surface area contributed by atoms with E-state index >= 15 is 0 Å². The van der Waals surface area contributed by atoms with Gasteiger partial charge in [-0.1, -0.05) is 13.8 Å². The molecule has 1 unspecified atom stereocenters. The Hall–Kier alpha value is -0.760. The summed E-state index contributed by atoms with van der Waals surface area (Å²) >= 11 is 0. The van der Waals surface area contributed by atoms with Crippen molar-refractivity contribution in [2.45, 2.75) is 33.4 Å². The summed E-state index contributed by atoms with van der Waals surface area (Å²) in [4.78, 5) is 0. The van der Waals surface area contributed by atoms with Crippen LogP contribution in [0.15, 0.2) is 18.5 Å². The Balaban J connectivity index is 2.64. The lowest BCUT2D eigenvalue weighted by Crippen LogP contribution is -2.05. The van der Waals surface area contributed by atoms with Gasteiger partial charge in [0.15, 0.2) is 0 Å². The van der Waals surface area contributed by atoms with Crippen LogP contribution in [0.3, 0.4) is 0 Å². The van der Waals surface area contributed by atoms with Gasteiger partial charge in [0.1, 0.15) is 0 Å². The zero-order valence-electron chi connectivity index (χ0n) is 8.12. The summed E-state index contributed by atoms with van der Waals surface area (Å²) in [6, 6.07) is 2.24. The molecule has 0 aromatic carbocycles. The molecule has 0 aliphatic heterocycles. The van der Waals surface area contributed by atoms with Crippen LogP contribution in [-0.4, -0.2) is 4.57 Å². The van der Waals surface area contributed by atoms with Gasteiger partial charge in [0, 0.05) is 25.0 Å². The molecule has 68 valence electrons. The van der Waals surface area contributed by atoms with Crippen LogP contribution in [0.2, 0.25) is 0 Å². The van der Waals surface area contributed by atoms with Crippen molar-refractivity contribution >= 4 is 0 Å². The van der Waals surface area contributed by atoms with Gasteiger partial charge in [-0.15, -0.1) is 0 Å². The second-order valence-corrected chi connectivity index (χ2v) is 3.82. The average Bonchev–Trinajstić information content (AvgIpc) is 2.34. The summed E-state index contributed by atoms with van der Waals surface area (Å²) in [5.74, 6) is 0.693. The monoisotopic (exact) mass is 166 g/mol. The third-order valence-corrected chi connectivity index (χ3v) is 1.88. The number of hydrogen-bond donors (Lipinski definition) is 1. The molecule has 12 heavy (non-hydrogen) atoms. The zero-order valence-corrected chi connectivity index (χ0v) is 8.12. The molecule has 0 saturated carbocycles. The minimum absolute atomic E-state index is 0.151. The maximum absolute atomic E-state index is 5.74. The Morgan fingerprint density at radius 2 is 2.08 bits per heavy atom. The van der Waals surface area contributed by atoms with E-state index in [0.717, 1.165) is 6.54 Å². The van der Waals surface area contributed by atoms with Crippen molar-refractivity contribution in [3.63, 3.8) is 0 Å². The summed E-state index contributed by atoms with van der Waals surface area (Å²) in [7, 11) is 0. The van der Waals surface area contributed by atoms with E-state index in [4.69, 9.17) is 5.73 Å². The number of hydrogen-bond acceptors (Lipinski definition) is 1. The highest BCUT2D eigenvalue weighted by Gasteiger charge is 2.01. The summed E-state index contributed by atoms with van der Waals surface area (Å²) in [6.45, 7) is 7.51. The molecule has 2 heteroatoms. The minimum Gasteiger partial charge on any atom is -0.354 e. The van der Waals surface area contributed by atoms with Gasteiger partial charge in [-0.05, 0) is 24.5 Å². The van der Waals surface area contributed by atoms with Gasteiger partial charge >= 0.3 is 0 Å². The Morgan fingerprint density at radius 1 is 1.42 bits per heavy atom. The molecule has 1 aromatic heterocycles. The van der Waals surface area contributed by atoms with E-state index in [0.29, 0.717) is 5.92 Å². The van der Waals surface area contributed by atoms with Gasteiger partial charge in [0.05, 0.1) is 0 Å². The van der Waals surface area contributed by atoms with Crippen molar-refractivity contribution in [2.75, 3.05) is 0 Å². The number of nitrogens with zero attached hydrogens (tertiary/aromatic N) is 1. The lowest BCUT2D eigenvalue weighted by molar-refractivity contribution is 0.523. The number of nitrogens with two attached hydrogens (primary N) is 1. The quantitative estimate of drug-likeness (QED) is 0.733.